The van der Waals surface area contributed by atoms with Gasteiger partial charge >= 0.3 is 0 Å². The van der Waals surface area contributed by atoms with Gasteiger partial charge < -0.3 is 14.5 Å². The summed E-state index contributed by atoms with van der Waals surface area (Å²) in [6, 6.07) is 3.72. The number of amides is 1. The highest BCUT2D eigenvalue weighted by atomic mass is 16.2. The Hall–Kier alpha value is -2.04. The maximum atomic E-state index is 12.4. The number of nitrogens with zero attached hydrogens (tertiary/aromatic N) is 3. The molecule has 1 N–H and O–H groups in total. The third kappa shape index (κ3) is 2.92. The molecule has 1 aliphatic carbocycles. The predicted octanol–water partition coefficient (Wildman–Crippen LogP) is 3.03. The number of carbonyl (C=O) groups excluding carboxylic acids is 1. The van der Waals surface area contributed by atoms with Crippen LogP contribution in [0.1, 0.15) is 54.3 Å². The number of piperidine rings is 1. The van der Waals surface area contributed by atoms with E-state index < -0.39 is 0 Å². The fraction of sp³-hybridized carbons (Fsp3) is 0.556. The van der Waals surface area contributed by atoms with Gasteiger partial charge in [-0.25, -0.2) is 4.98 Å². The zero-order chi connectivity index (χ0) is 15.6. The summed E-state index contributed by atoms with van der Waals surface area (Å²) >= 11 is 0. The quantitative estimate of drug-likeness (QED) is 0.943. The van der Waals surface area contributed by atoms with Crippen molar-refractivity contribution in [3.05, 3.63) is 42.2 Å². The summed E-state index contributed by atoms with van der Waals surface area (Å²) in [7, 11) is 0. The molecular weight excluding hydrogens is 288 g/mol. The molecule has 0 spiro atoms. The van der Waals surface area contributed by atoms with Crippen LogP contribution in [0.15, 0.2) is 30.7 Å². The molecule has 2 aliphatic rings. The molecule has 122 valence electrons. The summed E-state index contributed by atoms with van der Waals surface area (Å²) in [5, 5.41) is 0. The van der Waals surface area contributed by atoms with E-state index in [-0.39, 0.29) is 5.91 Å². The minimum Gasteiger partial charge on any atom is -0.357 e. The molecule has 2 aromatic heterocycles. The Bertz CT molecular complexity index is 648. The molecule has 5 nitrogen and oxygen atoms in total. The Kier molecular flexibility index (Phi) is 3.93. The van der Waals surface area contributed by atoms with Crippen LogP contribution in [-0.4, -0.2) is 38.4 Å². The molecule has 1 saturated carbocycles. The van der Waals surface area contributed by atoms with E-state index in [0.717, 1.165) is 38.4 Å². The van der Waals surface area contributed by atoms with Gasteiger partial charge in [-0.15, -0.1) is 0 Å². The molecular formula is C18H24N4O. The van der Waals surface area contributed by atoms with Crippen molar-refractivity contribution in [2.45, 2.75) is 44.6 Å². The van der Waals surface area contributed by atoms with Crippen LogP contribution >= 0.6 is 0 Å². The molecule has 2 aromatic rings. The van der Waals surface area contributed by atoms with Gasteiger partial charge in [-0.05, 0) is 43.7 Å². The number of carbonyl (C=O) groups is 1. The maximum Gasteiger partial charge on any atom is 0.270 e. The van der Waals surface area contributed by atoms with Crippen LogP contribution in [0.5, 0.6) is 0 Å². The maximum absolute atomic E-state index is 12.4. The van der Waals surface area contributed by atoms with E-state index in [1.165, 1.54) is 25.1 Å². The lowest BCUT2D eigenvalue weighted by Crippen LogP contribution is -2.38. The number of H-pyrrole nitrogens is 1. The predicted molar refractivity (Wildman–Crippen MR) is 88.2 cm³/mol. The van der Waals surface area contributed by atoms with Crippen molar-refractivity contribution in [3.8, 4) is 0 Å². The van der Waals surface area contributed by atoms with Gasteiger partial charge in [0.1, 0.15) is 11.5 Å². The Morgan fingerprint density at radius 1 is 1.26 bits per heavy atom. The molecule has 0 radical (unpaired) electrons. The van der Waals surface area contributed by atoms with Crippen LogP contribution < -0.4 is 0 Å². The van der Waals surface area contributed by atoms with E-state index in [4.69, 9.17) is 0 Å². The molecule has 0 atom stereocenters. The summed E-state index contributed by atoms with van der Waals surface area (Å²) in [6.07, 6.45) is 12.0. The standard InChI is InChI=1S/C18H24N4O/c23-18(16-5-2-8-19-16)21-10-6-15(7-11-21)17-20-9-12-22(17)13-14-3-1-4-14/h2,5,8-9,12,14-15,19H,1,3-4,6-7,10-11,13H2. The summed E-state index contributed by atoms with van der Waals surface area (Å²) < 4.78 is 2.36. The van der Waals surface area contributed by atoms with Gasteiger partial charge in [0.25, 0.3) is 5.91 Å². The molecule has 4 rings (SSSR count). The van der Waals surface area contributed by atoms with Gasteiger partial charge in [-0.3, -0.25) is 4.79 Å². The molecule has 0 bridgehead atoms. The Balaban J connectivity index is 1.38. The van der Waals surface area contributed by atoms with Gasteiger partial charge in [0, 0.05) is 44.1 Å². The van der Waals surface area contributed by atoms with E-state index in [2.05, 4.69) is 20.7 Å². The average Bonchev–Trinajstić information content (AvgIpc) is 3.22. The van der Waals surface area contributed by atoms with Gasteiger partial charge in [0.15, 0.2) is 0 Å². The Morgan fingerprint density at radius 3 is 2.74 bits per heavy atom. The minimum absolute atomic E-state index is 0.117. The fourth-order valence-electron chi connectivity index (χ4n) is 3.76. The number of imidazole rings is 1. The number of hydrogen-bond donors (Lipinski definition) is 1. The number of rotatable bonds is 4. The smallest absolute Gasteiger partial charge is 0.270 e. The normalized spacial score (nSPS) is 19.7. The van der Waals surface area contributed by atoms with Crippen molar-refractivity contribution < 1.29 is 4.79 Å². The molecule has 23 heavy (non-hydrogen) atoms. The second-order valence-electron chi connectivity index (χ2n) is 6.89. The summed E-state index contributed by atoms with van der Waals surface area (Å²) in [4.78, 5) is 22.0. The monoisotopic (exact) mass is 312 g/mol. The van der Waals surface area contributed by atoms with Gasteiger partial charge in [-0.1, -0.05) is 6.42 Å². The molecule has 2 fully saturated rings. The molecule has 1 amide bonds. The van der Waals surface area contributed by atoms with Crippen LogP contribution in [-0.2, 0) is 6.54 Å². The van der Waals surface area contributed by atoms with Crippen molar-refractivity contribution in [2.24, 2.45) is 5.92 Å². The zero-order valence-corrected chi connectivity index (χ0v) is 13.4. The van der Waals surface area contributed by atoms with E-state index >= 15 is 0 Å². The third-order valence-corrected chi connectivity index (χ3v) is 5.40. The molecule has 1 aliphatic heterocycles. The van der Waals surface area contributed by atoms with Crippen molar-refractivity contribution in [1.82, 2.24) is 19.4 Å². The van der Waals surface area contributed by atoms with Gasteiger partial charge in [0.2, 0.25) is 0 Å². The highest BCUT2D eigenvalue weighted by Gasteiger charge is 2.28. The van der Waals surface area contributed by atoms with E-state index in [1.54, 1.807) is 6.20 Å². The number of aromatic amines is 1. The first-order valence-corrected chi connectivity index (χ1v) is 8.75. The third-order valence-electron chi connectivity index (χ3n) is 5.40. The summed E-state index contributed by atoms with van der Waals surface area (Å²) in [5.41, 5.74) is 0.690. The van der Waals surface area contributed by atoms with E-state index in [1.807, 2.05) is 23.2 Å². The molecule has 5 heteroatoms. The number of aromatic nitrogens is 3. The lowest BCUT2D eigenvalue weighted by atomic mass is 9.85. The molecule has 0 unspecified atom stereocenters. The number of likely N-dealkylation sites (tertiary alicyclic amines) is 1. The second-order valence-corrected chi connectivity index (χ2v) is 6.89. The number of hydrogen-bond acceptors (Lipinski definition) is 2. The minimum atomic E-state index is 0.117. The van der Waals surface area contributed by atoms with Gasteiger partial charge in [0.05, 0.1) is 0 Å². The van der Waals surface area contributed by atoms with Crippen molar-refractivity contribution in [3.63, 3.8) is 0 Å². The van der Waals surface area contributed by atoms with Crippen molar-refractivity contribution >= 4 is 5.91 Å². The highest BCUT2D eigenvalue weighted by Crippen LogP contribution is 2.31. The lowest BCUT2D eigenvalue weighted by molar-refractivity contribution is 0.0704. The van der Waals surface area contributed by atoms with Crippen LogP contribution in [0.25, 0.3) is 0 Å². The average molecular weight is 312 g/mol. The first-order valence-electron chi connectivity index (χ1n) is 8.75. The SMILES string of the molecule is O=C(c1ccc[nH]1)N1CCC(c2nccn2CC2CCC2)CC1. The van der Waals surface area contributed by atoms with Gasteiger partial charge in [-0.2, -0.15) is 0 Å². The summed E-state index contributed by atoms with van der Waals surface area (Å²) in [6.45, 7) is 2.76. The van der Waals surface area contributed by atoms with Crippen LogP contribution in [0.4, 0.5) is 0 Å². The molecule has 3 heterocycles. The van der Waals surface area contributed by atoms with E-state index in [0.29, 0.717) is 11.6 Å². The van der Waals surface area contributed by atoms with E-state index in [9.17, 15) is 4.79 Å². The van der Waals surface area contributed by atoms with Crippen molar-refractivity contribution in [2.75, 3.05) is 13.1 Å². The first-order chi connectivity index (χ1) is 11.3. The largest absolute Gasteiger partial charge is 0.357 e. The van der Waals surface area contributed by atoms with Crippen LogP contribution in [0.2, 0.25) is 0 Å². The second kappa shape index (κ2) is 6.22. The van der Waals surface area contributed by atoms with Crippen LogP contribution in [0, 0.1) is 5.92 Å². The van der Waals surface area contributed by atoms with Crippen LogP contribution in [0.3, 0.4) is 0 Å². The molecule has 0 aromatic carbocycles. The number of nitrogens with one attached hydrogen (secondary N) is 1. The lowest BCUT2D eigenvalue weighted by Gasteiger charge is -2.32. The van der Waals surface area contributed by atoms with Crippen molar-refractivity contribution in [1.29, 1.82) is 0 Å². The fourth-order valence-corrected chi connectivity index (χ4v) is 3.76. The Morgan fingerprint density at radius 2 is 2.09 bits per heavy atom. The first kappa shape index (κ1) is 14.5. The summed E-state index contributed by atoms with van der Waals surface area (Å²) in [5.74, 6) is 2.67. The topological polar surface area (TPSA) is 53.9 Å². The Labute approximate surface area is 136 Å². The zero-order valence-electron chi connectivity index (χ0n) is 13.4. The molecule has 1 saturated heterocycles. The highest BCUT2D eigenvalue weighted by molar-refractivity contribution is 5.92.